The molecule has 1 aromatic carbocycles. The van der Waals surface area contributed by atoms with Crippen molar-refractivity contribution >= 4 is 0 Å². The van der Waals surface area contributed by atoms with Crippen LogP contribution in [0.4, 0.5) is 4.39 Å². The van der Waals surface area contributed by atoms with Crippen molar-refractivity contribution in [1.29, 1.82) is 0 Å². The van der Waals surface area contributed by atoms with Gasteiger partial charge in [0.2, 0.25) is 0 Å². The minimum absolute atomic E-state index is 0.399. The number of aliphatic hydroxyl groups is 3. The molecule has 1 aliphatic rings. The molecule has 1 aliphatic heterocycles. The van der Waals surface area contributed by atoms with Crippen molar-refractivity contribution in [3.05, 3.63) is 36.3 Å². The van der Waals surface area contributed by atoms with Gasteiger partial charge in [-0.3, -0.25) is 5.32 Å². The Kier molecular flexibility index (Phi) is 4.88. The SMILES string of the molecule is CNC1O[C@H](CO)[C@H](O)[C@H](n2cc(-c3cccc(F)c3)nn2)[C@H]1O. The van der Waals surface area contributed by atoms with E-state index in [0.29, 0.717) is 11.3 Å². The predicted octanol–water partition coefficient (Wildman–Crippen LogP) is -0.716. The Labute approximate surface area is 137 Å². The first-order chi connectivity index (χ1) is 11.5. The van der Waals surface area contributed by atoms with E-state index in [1.54, 1.807) is 19.2 Å². The van der Waals surface area contributed by atoms with Crippen LogP contribution >= 0.6 is 0 Å². The average molecular weight is 338 g/mol. The lowest BCUT2D eigenvalue weighted by atomic mass is 9.95. The van der Waals surface area contributed by atoms with E-state index in [9.17, 15) is 19.7 Å². The third-order valence-electron chi connectivity index (χ3n) is 4.11. The molecule has 130 valence electrons. The van der Waals surface area contributed by atoms with Crippen LogP contribution in [0, 0.1) is 5.82 Å². The lowest BCUT2D eigenvalue weighted by Gasteiger charge is -2.41. The van der Waals surface area contributed by atoms with Gasteiger partial charge in [-0.1, -0.05) is 17.3 Å². The molecule has 4 N–H and O–H groups in total. The maximum atomic E-state index is 13.3. The van der Waals surface area contributed by atoms with Gasteiger partial charge in [-0.05, 0) is 19.2 Å². The third kappa shape index (κ3) is 3.04. The van der Waals surface area contributed by atoms with Crippen molar-refractivity contribution in [1.82, 2.24) is 20.3 Å². The summed E-state index contributed by atoms with van der Waals surface area (Å²) < 4.78 is 20.1. The molecule has 1 fully saturated rings. The molecule has 0 saturated carbocycles. The molecule has 3 rings (SSSR count). The minimum Gasteiger partial charge on any atom is -0.394 e. The van der Waals surface area contributed by atoms with E-state index in [0.717, 1.165) is 0 Å². The molecule has 0 spiro atoms. The van der Waals surface area contributed by atoms with Crippen LogP contribution in [0.25, 0.3) is 11.3 Å². The van der Waals surface area contributed by atoms with Crippen LogP contribution in [0.2, 0.25) is 0 Å². The topological polar surface area (TPSA) is 113 Å². The summed E-state index contributed by atoms with van der Waals surface area (Å²) in [5, 5.41) is 40.8. The molecule has 8 nitrogen and oxygen atoms in total. The van der Waals surface area contributed by atoms with Gasteiger partial charge in [0, 0.05) is 5.56 Å². The minimum atomic E-state index is -1.18. The van der Waals surface area contributed by atoms with Gasteiger partial charge in [-0.2, -0.15) is 0 Å². The molecule has 2 heterocycles. The summed E-state index contributed by atoms with van der Waals surface area (Å²) in [4.78, 5) is 0. The summed E-state index contributed by atoms with van der Waals surface area (Å²) >= 11 is 0. The summed E-state index contributed by atoms with van der Waals surface area (Å²) in [6.07, 6.45) is -2.44. The smallest absolute Gasteiger partial charge is 0.136 e. The zero-order valence-electron chi connectivity index (χ0n) is 13.0. The van der Waals surface area contributed by atoms with Crippen molar-refractivity contribution in [3.8, 4) is 11.3 Å². The quantitative estimate of drug-likeness (QED) is 0.582. The van der Waals surface area contributed by atoms with Crippen LogP contribution in [0.3, 0.4) is 0 Å². The van der Waals surface area contributed by atoms with E-state index in [-0.39, 0.29) is 0 Å². The first-order valence-corrected chi connectivity index (χ1v) is 7.52. The number of rotatable bonds is 4. The van der Waals surface area contributed by atoms with Crippen LogP contribution in [-0.4, -0.2) is 68.5 Å². The number of hydrogen-bond donors (Lipinski definition) is 4. The second-order valence-corrected chi connectivity index (χ2v) is 5.63. The number of hydrogen-bond acceptors (Lipinski definition) is 7. The lowest BCUT2D eigenvalue weighted by Crippen LogP contribution is -2.59. The summed E-state index contributed by atoms with van der Waals surface area (Å²) in [7, 11) is 1.59. The van der Waals surface area contributed by atoms with E-state index in [2.05, 4.69) is 15.6 Å². The molecular weight excluding hydrogens is 319 g/mol. The van der Waals surface area contributed by atoms with E-state index in [1.807, 2.05) is 0 Å². The molecule has 0 amide bonds. The molecule has 1 saturated heterocycles. The number of likely N-dealkylation sites (N-methyl/N-ethyl adjacent to an activating group) is 1. The molecule has 1 aromatic heterocycles. The van der Waals surface area contributed by atoms with E-state index in [1.165, 1.54) is 23.0 Å². The van der Waals surface area contributed by atoms with Gasteiger partial charge in [-0.25, -0.2) is 9.07 Å². The van der Waals surface area contributed by atoms with Crippen molar-refractivity contribution in [2.75, 3.05) is 13.7 Å². The molecule has 0 radical (unpaired) electrons. The monoisotopic (exact) mass is 338 g/mol. The number of nitrogens with zero attached hydrogens (tertiary/aromatic N) is 3. The normalized spacial score (nSPS) is 30.5. The van der Waals surface area contributed by atoms with Crippen molar-refractivity contribution in [3.63, 3.8) is 0 Å². The summed E-state index contributed by atoms with van der Waals surface area (Å²) in [6, 6.07) is 5.01. The Balaban J connectivity index is 1.92. The molecule has 2 aromatic rings. The first kappa shape index (κ1) is 16.9. The maximum Gasteiger partial charge on any atom is 0.136 e. The van der Waals surface area contributed by atoms with E-state index < -0.39 is 43.0 Å². The van der Waals surface area contributed by atoms with Gasteiger partial charge >= 0.3 is 0 Å². The molecule has 0 aliphatic carbocycles. The Bertz CT molecular complexity index is 682. The van der Waals surface area contributed by atoms with Crippen molar-refractivity contribution < 1.29 is 24.4 Å². The fourth-order valence-electron chi connectivity index (χ4n) is 2.86. The highest BCUT2D eigenvalue weighted by atomic mass is 19.1. The molecule has 1 unspecified atom stereocenters. The van der Waals surface area contributed by atoms with Crippen LogP contribution in [-0.2, 0) is 4.74 Å². The van der Waals surface area contributed by atoms with Gasteiger partial charge in [0.15, 0.2) is 0 Å². The lowest BCUT2D eigenvalue weighted by molar-refractivity contribution is -0.212. The van der Waals surface area contributed by atoms with Gasteiger partial charge in [-0.15, -0.1) is 5.10 Å². The number of aromatic nitrogens is 3. The predicted molar refractivity (Wildman–Crippen MR) is 81.3 cm³/mol. The zero-order valence-corrected chi connectivity index (χ0v) is 13.0. The fourth-order valence-corrected chi connectivity index (χ4v) is 2.86. The van der Waals surface area contributed by atoms with Gasteiger partial charge in [0.05, 0.1) is 12.8 Å². The summed E-state index contributed by atoms with van der Waals surface area (Å²) in [5.74, 6) is -0.399. The van der Waals surface area contributed by atoms with Gasteiger partial charge < -0.3 is 20.1 Å². The van der Waals surface area contributed by atoms with Crippen LogP contribution in [0.1, 0.15) is 6.04 Å². The van der Waals surface area contributed by atoms with Crippen molar-refractivity contribution in [2.45, 2.75) is 30.6 Å². The third-order valence-corrected chi connectivity index (χ3v) is 4.11. The van der Waals surface area contributed by atoms with Gasteiger partial charge in [0.1, 0.15) is 42.1 Å². The van der Waals surface area contributed by atoms with Crippen LogP contribution in [0.15, 0.2) is 30.5 Å². The molecule has 0 bridgehead atoms. The molecular formula is C15H19FN4O4. The molecule has 5 atom stereocenters. The highest BCUT2D eigenvalue weighted by Crippen LogP contribution is 2.29. The number of aliphatic hydroxyl groups excluding tert-OH is 3. The zero-order chi connectivity index (χ0) is 17.3. The average Bonchev–Trinajstić information content (AvgIpc) is 3.05. The fraction of sp³-hybridized carbons (Fsp3) is 0.467. The number of halogens is 1. The van der Waals surface area contributed by atoms with E-state index >= 15 is 0 Å². The van der Waals surface area contributed by atoms with Gasteiger partial charge in [0.25, 0.3) is 0 Å². The highest BCUT2D eigenvalue weighted by Gasteiger charge is 2.45. The van der Waals surface area contributed by atoms with Crippen LogP contribution in [0.5, 0.6) is 0 Å². The first-order valence-electron chi connectivity index (χ1n) is 7.52. The maximum absolute atomic E-state index is 13.3. The van der Waals surface area contributed by atoms with E-state index in [4.69, 9.17) is 4.74 Å². The number of benzene rings is 1. The summed E-state index contributed by atoms with van der Waals surface area (Å²) in [5.41, 5.74) is 0.933. The Morgan fingerprint density at radius 1 is 1.33 bits per heavy atom. The standard InChI is InChI=1S/C15H19FN4O4/c1-17-15-14(23)12(13(22)11(7-21)24-15)20-6-10(18-19-20)8-3-2-4-9(16)5-8/h2-6,11-15,17,21-23H,7H2,1H3/t11-,12+,13+,14-,15?/m1/s1. The second kappa shape index (κ2) is 6.91. The molecule has 9 heteroatoms. The van der Waals surface area contributed by atoms with Crippen LogP contribution < -0.4 is 5.32 Å². The number of nitrogens with one attached hydrogen (secondary N) is 1. The Morgan fingerprint density at radius 3 is 2.79 bits per heavy atom. The Morgan fingerprint density at radius 2 is 2.12 bits per heavy atom. The summed E-state index contributed by atoms with van der Waals surface area (Å²) in [6.45, 7) is -0.409. The van der Waals surface area contributed by atoms with Crippen molar-refractivity contribution in [2.24, 2.45) is 0 Å². The second-order valence-electron chi connectivity index (χ2n) is 5.63. The molecule has 24 heavy (non-hydrogen) atoms. The Hall–Kier alpha value is -1.91. The highest BCUT2D eigenvalue weighted by molar-refractivity contribution is 5.57. The largest absolute Gasteiger partial charge is 0.394 e. The number of ether oxygens (including phenoxy) is 1.